The summed E-state index contributed by atoms with van der Waals surface area (Å²) < 4.78 is 31.7. The molecule has 1 amide bonds. The summed E-state index contributed by atoms with van der Waals surface area (Å²) >= 11 is 0. The van der Waals surface area contributed by atoms with Gasteiger partial charge in [-0.05, 0) is 28.0 Å². The average Bonchev–Trinajstić information content (AvgIpc) is 2.98. The van der Waals surface area contributed by atoms with Crippen molar-refractivity contribution in [2.75, 3.05) is 7.05 Å². The van der Waals surface area contributed by atoms with Gasteiger partial charge >= 0.3 is 12.1 Å². The summed E-state index contributed by atoms with van der Waals surface area (Å²) in [4.78, 5) is 28.0. The molecule has 0 saturated carbocycles. The number of fused-ring (bicyclic) bond motifs is 1. The fraction of sp³-hybridized carbons (Fsp3) is 0.136. The first kappa shape index (κ1) is 21.8. The fourth-order valence-electron chi connectivity index (χ4n) is 3.28. The number of hydrogen-bond acceptors (Lipinski definition) is 4. The molecule has 4 rings (SSSR count). The number of carboxylic acid groups (broad SMARTS) is 1. The van der Waals surface area contributed by atoms with Gasteiger partial charge in [-0.1, -0.05) is 66.7 Å². The summed E-state index contributed by atoms with van der Waals surface area (Å²) in [5.41, 5.74) is 6.51. The molecular formula is C22H18F3N3O3. The van der Waals surface area contributed by atoms with Gasteiger partial charge in [0.2, 0.25) is 0 Å². The number of aliphatic carboxylic acids is 1. The monoisotopic (exact) mass is 429 g/mol. The van der Waals surface area contributed by atoms with Crippen LogP contribution in [0.3, 0.4) is 0 Å². The topological polar surface area (TPSA) is 96.0 Å². The summed E-state index contributed by atoms with van der Waals surface area (Å²) in [5, 5.41) is 9.32. The Morgan fingerprint density at radius 3 is 2.03 bits per heavy atom. The molecule has 1 heterocycles. The second-order valence-electron chi connectivity index (χ2n) is 6.78. The number of amides is 1. The van der Waals surface area contributed by atoms with Crippen molar-refractivity contribution in [3.63, 3.8) is 0 Å². The van der Waals surface area contributed by atoms with Crippen molar-refractivity contribution < 1.29 is 27.9 Å². The highest BCUT2D eigenvalue weighted by atomic mass is 19.4. The molecule has 0 fully saturated rings. The molecule has 0 radical (unpaired) electrons. The van der Waals surface area contributed by atoms with Crippen LogP contribution in [0.25, 0.3) is 10.8 Å². The molecule has 1 aliphatic rings. The third-order valence-corrected chi connectivity index (χ3v) is 4.84. The fourth-order valence-corrected chi connectivity index (χ4v) is 3.28. The predicted octanol–water partition coefficient (Wildman–Crippen LogP) is 3.50. The van der Waals surface area contributed by atoms with Gasteiger partial charge in [0.05, 0.1) is 0 Å². The van der Waals surface area contributed by atoms with Crippen LogP contribution in [0.15, 0.2) is 77.8 Å². The molecule has 0 saturated heterocycles. The summed E-state index contributed by atoms with van der Waals surface area (Å²) in [6, 6.07) is 23.7. The minimum atomic E-state index is -5.08. The summed E-state index contributed by atoms with van der Waals surface area (Å²) in [6.07, 6.45) is -5.08. The molecule has 9 heteroatoms. The Kier molecular flexibility index (Phi) is 5.70. The number of carboxylic acids is 1. The highest BCUT2D eigenvalue weighted by Gasteiger charge is 2.49. The van der Waals surface area contributed by atoms with E-state index in [4.69, 9.17) is 15.6 Å². The Hall–Kier alpha value is -3.88. The van der Waals surface area contributed by atoms with Crippen molar-refractivity contribution in [1.29, 1.82) is 0 Å². The second-order valence-corrected chi connectivity index (χ2v) is 6.78. The normalized spacial score (nSPS) is 18.4. The quantitative estimate of drug-likeness (QED) is 0.652. The Morgan fingerprint density at radius 2 is 1.52 bits per heavy atom. The Labute approximate surface area is 175 Å². The SMILES string of the molecule is CN1C(=O)C(c2ccccc2)(c2ccc3ccccc3c2)N=C1N.O=C(O)C(F)(F)F. The number of nitrogens with zero attached hydrogens (tertiary/aromatic N) is 2. The molecule has 3 aromatic rings. The summed E-state index contributed by atoms with van der Waals surface area (Å²) in [6.45, 7) is 0. The Balaban J connectivity index is 0.000000339. The molecule has 0 aliphatic carbocycles. The minimum Gasteiger partial charge on any atom is -0.475 e. The van der Waals surface area contributed by atoms with Gasteiger partial charge in [-0.2, -0.15) is 13.2 Å². The van der Waals surface area contributed by atoms with Crippen molar-refractivity contribution in [3.8, 4) is 0 Å². The van der Waals surface area contributed by atoms with E-state index in [1.807, 2.05) is 66.7 Å². The van der Waals surface area contributed by atoms with Crippen LogP contribution in [-0.2, 0) is 15.1 Å². The molecule has 31 heavy (non-hydrogen) atoms. The number of hydrogen-bond donors (Lipinski definition) is 2. The number of alkyl halides is 3. The highest BCUT2D eigenvalue weighted by Crippen LogP contribution is 2.40. The number of halogens is 3. The standard InChI is InChI=1S/C20H17N3O.C2HF3O2/c1-23-18(24)20(22-19(23)21,16-9-3-2-4-10-16)17-12-11-14-7-5-6-8-15(14)13-17;3-2(4,5)1(6)7/h2-13H,1H3,(H2,21,22);(H,6,7). The van der Waals surface area contributed by atoms with Crippen LogP contribution in [0, 0.1) is 0 Å². The van der Waals surface area contributed by atoms with Crippen molar-refractivity contribution >= 4 is 28.6 Å². The van der Waals surface area contributed by atoms with Crippen LogP contribution in [0.2, 0.25) is 0 Å². The van der Waals surface area contributed by atoms with E-state index in [0.29, 0.717) is 0 Å². The van der Waals surface area contributed by atoms with Crippen LogP contribution in [0.4, 0.5) is 13.2 Å². The maximum Gasteiger partial charge on any atom is 0.490 e. The number of rotatable bonds is 2. The van der Waals surface area contributed by atoms with Gasteiger partial charge in [0.25, 0.3) is 5.91 Å². The third-order valence-electron chi connectivity index (χ3n) is 4.84. The van der Waals surface area contributed by atoms with Crippen LogP contribution in [0.5, 0.6) is 0 Å². The van der Waals surface area contributed by atoms with Crippen LogP contribution in [-0.4, -0.2) is 41.1 Å². The van der Waals surface area contributed by atoms with Crippen molar-refractivity contribution in [3.05, 3.63) is 83.9 Å². The maximum absolute atomic E-state index is 13.1. The number of nitrogens with two attached hydrogens (primary N) is 1. The number of carbonyl (C=O) groups excluding carboxylic acids is 1. The third kappa shape index (κ3) is 4.07. The van der Waals surface area contributed by atoms with Gasteiger partial charge in [-0.3, -0.25) is 9.69 Å². The first-order chi connectivity index (χ1) is 14.6. The smallest absolute Gasteiger partial charge is 0.475 e. The summed E-state index contributed by atoms with van der Waals surface area (Å²) in [5.74, 6) is -2.66. The number of carbonyl (C=O) groups is 2. The van der Waals surface area contributed by atoms with Crippen molar-refractivity contribution in [2.45, 2.75) is 11.7 Å². The van der Waals surface area contributed by atoms with E-state index in [2.05, 4.69) is 11.1 Å². The predicted molar refractivity (Wildman–Crippen MR) is 109 cm³/mol. The van der Waals surface area contributed by atoms with E-state index in [1.54, 1.807) is 7.05 Å². The molecule has 160 valence electrons. The maximum atomic E-state index is 13.1. The lowest BCUT2D eigenvalue weighted by atomic mass is 9.82. The molecule has 1 aliphatic heterocycles. The molecule has 6 nitrogen and oxygen atoms in total. The van der Waals surface area contributed by atoms with Gasteiger partial charge in [0.15, 0.2) is 11.5 Å². The van der Waals surface area contributed by atoms with Gasteiger partial charge in [-0.25, -0.2) is 9.79 Å². The molecule has 3 N–H and O–H groups in total. The number of guanidine groups is 1. The zero-order chi connectivity index (χ0) is 22.8. The zero-order valence-corrected chi connectivity index (χ0v) is 16.3. The van der Waals surface area contributed by atoms with E-state index < -0.39 is 17.7 Å². The lowest BCUT2D eigenvalue weighted by Crippen LogP contribution is -2.41. The van der Waals surface area contributed by atoms with Crippen LogP contribution < -0.4 is 5.73 Å². The van der Waals surface area contributed by atoms with Crippen LogP contribution >= 0.6 is 0 Å². The Bertz CT molecular complexity index is 1160. The van der Waals surface area contributed by atoms with Crippen LogP contribution in [0.1, 0.15) is 11.1 Å². The molecular weight excluding hydrogens is 411 g/mol. The zero-order valence-electron chi connectivity index (χ0n) is 16.3. The lowest BCUT2D eigenvalue weighted by Gasteiger charge is -2.26. The van der Waals surface area contributed by atoms with Gasteiger partial charge in [-0.15, -0.1) is 0 Å². The molecule has 0 bridgehead atoms. The van der Waals surface area contributed by atoms with E-state index in [0.717, 1.165) is 21.9 Å². The van der Waals surface area contributed by atoms with E-state index in [-0.39, 0.29) is 11.9 Å². The molecule has 1 atom stereocenters. The molecule has 3 aromatic carbocycles. The van der Waals surface area contributed by atoms with Gasteiger partial charge in [0.1, 0.15) is 0 Å². The average molecular weight is 429 g/mol. The van der Waals surface area contributed by atoms with E-state index in [1.165, 1.54) is 4.90 Å². The Morgan fingerprint density at radius 1 is 0.968 bits per heavy atom. The first-order valence-electron chi connectivity index (χ1n) is 9.06. The first-order valence-corrected chi connectivity index (χ1v) is 9.06. The molecule has 0 aromatic heterocycles. The molecule has 1 unspecified atom stereocenters. The second kappa shape index (κ2) is 8.10. The van der Waals surface area contributed by atoms with E-state index >= 15 is 0 Å². The van der Waals surface area contributed by atoms with Crippen molar-refractivity contribution in [2.24, 2.45) is 10.7 Å². The number of aliphatic imine (C=N–C) groups is 1. The lowest BCUT2D eigenvalue weighted by molar-refractivity contribution is -0.192. The highest BCUT2D eigenvalue weighted by molar-refractivity contribution is 6.09. The van der Waals surface area contributed by atoms with Crippen molar-refractivity contribution in [1.82, 2.24) is 4.90 Å². The number of likely N-dealkylation sites (N-methyl/N-ethyl adjacent to an activating group) is 1. The molecule has 0 spiro atoms. The summed E-state index contributed by atoms with van der Waals surface area (Å²) in [7, 11) is 1.66. The van der Waals surface area contributed by atoms with Gasteiger partial charge < -0.3 is 10.8 Å². The number of benzene rings is 3. The van der Waals surface area contributed by atoms with E-state index in [9.17, 15) is 18.0 Å². The largest absolute Gasteiger partial charge is 0.490 e. The minimum absolute atomic E-state index is 0.138. The van der Waals surface area contributed by atoms with Gasteiger partial charge in [0, 0.05) is 7.05 Å².